The average Bonchev–Trinajstić information content (AvgIpc) is 2.79. The van der Waals surface area contributed by atoms with Gasteiger partial charge in [-0.3, -0.25) is 4.98 Å². The van der Waals surface area contributed by atoms with Crippen molar-refractivity contribution in [2.45, 2.75) is 39.2 Å². The molecule has 2 saturated heterocycles. The molecule has 1 atom stereocenters. The minimum atomic E-state index is -2.88. The van der Waals surface area contributed by atoms with E-state index in [2.05, 4.69) is 25.4 Å². The monoisotopic (exact) mass is 457 g/mol. The highest BCUT2D eigenvalue weighted by Gasteiger charge is 2.41. The van der Waals surface area contributed by atoms with Crippen LogP contribution in [0, 0.1) is 18.2 Å². The highest BCUT2D eigenvalue weighted by Crippen LogP contribution is 2.40. The Labute approximate surface area is 190 Å². The van der Waals surface area contributed by atoms with Crippen LogP contribution >= 0.6 is 0 Å². The molecule has 1 unspecified atom stereocenters. The first kappa shape index (κ1) is 21.9. The summed E-state index contributed by atoms with van der Waals surface area (Å²) in [5.74, 6) is -0.460. The average molecular weight is 458 g/mol. The van der Waals surface area contributed by atoms with E-state index in [4.69, 9.17) is 4.74 Å². The van der Waals surface area contributed by atoms with Gasteiger partial charge in [0.25, 0.3) is 6.43 Å². The number of alkyl halides is 2. The summed E-state index contributed by atoms with van der Waals surface area (Å²) in [5, 5.41) is 12.4. The summed E-state index contributed by atoms with van der Waals surface area (Å²) in [5.41, 5.74) is 2.26. The molecule has 1 N–H and O–H groups in total. The zero-order valence-corrected chi connectivity index (χ0v) is 18.6. The van der Waals surface area contributed by atoms with Gasteiger partial charge in [0.2, 0.25) is 0 Å². The predicted molar refractivity (Wildman–Crippen MR) is 120 cm³/mol. The van der Waals surface area contributed by atoms with Crippen molar-refractivity contribution in [2.75, 3.05) is 36.5 Å². The summed E-state index contributed by atoms with van der Waals surface area (Å²) in [4.78, 5) is 6.95. The molecular formula is C24H26F3N5O. The highest BCUT2D eigenvalue weighted by molar-refractivity contribution is 5.92. The summed E-state index contributed by atoms with van der Waals surface area (Å²) < 4.78 is 46.4. The molecule has 1 aromatic carbocycles. The van der Waals surface area contributed by atoms with Gasteiger partial charge in [-0.2, -0.15) is 5.10 Å². The summed E-state index contributed by atoms with van der Waals surface area (Å²) in [6.07, 6.45) is 1.14. The number of hydrogen-bond donors (Lipinski definition) is 1. The number of ether oxygens (including phenoxy) is 1. The third-order valence-electron chi connectivity index (χ3n) is 6.89. The normalized spacial score (nSPS) is 18.5. The molecule has 2 aliphatic heterocycles. The standard InChI is InChI=1S/C24H26F3N5O/c1-14(17-4-3-5-18(20(17)25)22(26)27)29-23-19-10-16(11-28-21(19)15(2)30-31-23)32-8-6-24(7-9-32)12-33-13-24/h3-5,10-11,14,22H,6-9,12-13H2,1-2H3,(H,29,31). The molecule has 2 fully saturated rings. The molecular weight excluding hydrogens is 431 g/mol. The Kier molecular flexibility index (Phi) is 5.60. The quantitative estimate of drug-likeness (QED) is 0.568. The lowest BCUT2D eigenvalue weighted by atomic mass is 9.77. The third kappa shape index (κ3) is 3.99. The number of pyridine rings is 1. The van der Waals surface area contributed by atoms with Crippen molar-refractivity contribution >= 4 is 22.4 Å². The summed E-state index contributed by atoms with van der Waals surface area (Å²) in [7, 11) is 0. The Hall–Kier alpha value is -2.94. The van der Waals surface area contributed by atoms with E-state index < -0.39 is 23.8 Å². The van der Waals surface area contributed by atoms with Gasteiger partial charge in [0.05, 0.1) is 47.9 Å². The second-order valence-corrected chi connectivity index (χ2v) is 9.12. The van der Waals surface area contributed by atoms with E-state index in [1.165, 1.54) is 12.1 Å². The number of fused-ring (bicyclic) bond motifs is 1. The van der Waals surface area contributed by atoms with E-state index in [0.717, 1.165) is 56.3 Å². The topological polar surface area (TPSA) is 63.2 Å². The van der Waals surface area contributed by atoms with Gasteiger partial charge in [0.1, 0.15) is 5.82 Å². The van der Waals surface area contributed by atoms with Crippen molar-refractivity contribution in [3.05, 3.63) is 53.1 Å². The van der Waals surface area contributed by atoms with Crippen LogP contribution in [0.5, 0.6) is 0 Å². The first-order valence-corrected chi connectivity index (χ1v) is 11.2. The summed E-state index contributed by atoms with van der Waals surface area (Å²) in [6, 6.07) is 5.47. The number of nitrogens with one attached hydrogen (secondary N) is 1. The fraction of sp³-hybridized carbons (Fsp3) is 0.458. The molecule has 33 heavy (non-hydrogen) atoms. The van der Waals surface area contributed by atoms with Crippen LogP contribution in [0.25, 0.3) is 10.9 Å². The van der Waals surface area contributed by atoms with E-state index >= 15 is 0 Å². The van der Waals surface area contributed by atoms with E-state index in [0.29, 0.717) is 22.4 Å². The van der Waals surface area contributed by atoms with Gasteiger partial charge in [-0.25, -0.2) is 13.2 Å². The zero-order valence-electron chi connectivity index (χ0n) is 18.6. The van der Waals surface area contributed by atoms with Crippen molar-refractivity contribution in [3.63, 3.8) is 0 Å². The molecule has 3 aromatic rings. The molecule has 0 bridgehead atoms. The molecule has 9 heteroatoms. The van der Waals surface area contributed by atoms with E-state index in [1.807, 2.05) is 19.2 Å². The largest absolute Gasteiger partial charge is 0.380 e. The first-order valence-electron chi connectivity index (χ1n) is 11.2. The minimum absolute atomic E-state index is 0.150. The number of benzene rings is 1. The van der Waals surface area contributed by atoms with Gasteiger partial charge in [-0.15, -0.1) is 5.10 Å². The molecule has 0 saturated carbocycles. The van der Waals surface area contributed by atoms with E-state index in [9.17, 15) is 13.2 Å². The van der Waals surface area contributed by atoms with Gasteiger partial charge >= 0.3 is 0 Å². The Balaban J connectivity index is 1.44. The van der Waals surface area contributed by atoms with Gasteiger partial charge in [0, 0.05) is 29.5 Å². The van der Waals surface area contributed by atoms with Crippen LogP contribution in [0.15, 0.2) is 30.5 Å². The molecule has 2 aromatic heterocycles. The number of halogens is 3. The zero-order chi connectivity index (χ0) is 23.2. The molecule has 2 aliphatic rings. The number of piperidine rings is 1. The molecule has 5 rings (SSSR count). The van der Waals surface area contributed by atoms with Crippen molar-refractivity contribution in [1.82, 2.24) is 15.2 Å². The molecule has 6 nitrogen and oxygen atoms in total. The second-order valence-electron chi connectivity index (χ2n) is 9.12. The van der Waals surface area contributed by atoms with Crippen LogP contribution in [-0.2, 0) is 4.74 Å². The highest BCUT2D eigenvalue weighted by atomic mass is 19.3. The summed E-state index contributed by atoms with van der Waals surface area (Å²) >= 11 is 0. The number of rotatable bonds is 5. The van der Waals surface area contributed by atoms with Gasteiger partial charge in [-0.05, 0) is 32.8 Å². The van der Waals surface area contributed by atoms with Gasteiger partial charge in [0.15, 0.2) is 5.82 Å². The number of aromatic nitrogens is 3. The number of anilines is 2. The van der Waals surface area contributed by atoms with Gasteiger partial charge < -0.3 is 15.0 Å². The fourth-order valence-corrected chi connectivity index (χ4v) is 4.70. The molecule has 0 aliphatic carbocycles. The lowest BCUT2D eigenvalue weighted by molar-refractivity contribution is -0.124. The number of hydrogen-bond acceptors (Lipinski definition) is 6. The Bertz CT molecular complexity index is 1170. The van der Waals surface area contributed by atoms with E-state index in [1.54, 1.807) is 6.92 Å². The fourth-order valence-electron chi connectivity index (χ4n) is 4.70. The summed E-state index contributed by atoms with van der Waals surface area (Å²) in [6.45, 7) is 7.10. The minimum Gasteiger partial charge on any atom is -0.380 e. The lowest BCUT2D eigenvalue weighted by Gasteiger charge is -2.47. The molecule has 1 spiro atoms. The maximum atomic E-state index is 14.7. The van der Waals surface area contributed by atoms with Crippen molar-refractivity contribution in [1.29, 1.82) is 0 Å². The smallest absolute Gasteiger partial charge is 0.266 e. The van der Waals surface area contributed by atoms with Crippen LogP contribution < -0.4 is 10.2 Å². The van der Waals surface area contributed by atoms with Crippen LogP contribution in [0.4, 0.5) is 24.7 Å². The predicted octanol–water partition coefficient (Wildman–Crippen LogP) is 5.20. The third-order valence-corrected chi connectivity index (χ3v) is 6.89. The lowest BCUT2D eigenvalue weighted by Crippen LogP contribution is -2.50. The van der Waals surface area contributed by atoms with Gasteiger partial charge in [-0.1, -0.05) is 18.2 Å². The van der Waals surface area contributed by atoms with Crippen molar-refractivity contribution in [2.24, 2.45) is 5.41 Å². The second kappa shape index (κ2) is 8.44. The van der Waals surface area contributed by atoms with Crippen LogP contribution in [0.2, 0.25) is 0 Å². The van der Waals surface area contributed by atoms with Crippen LogP contribution in [0.1, 0.15) is 49.1 Å². The van der Waals surface area contributed by atoms with Crippen molar-refractivity contribution in [3.8, 4) is 0 Å². The maximum Gasteiger partial charge on any atom is 0.266 e. The Morgan fingerprint density at radius 2 is 1.85 bits per heavy atom. The SMILES string of the molecule is Cc1nnc(NC(C)c2cccc(C(F)F)c2F)c2cc(N3CCC4(CC3)COC4)cnc12. The Morgan fingerprint density at radius 3 is 2.52 bits per heavy atom. The molecule has 0 radical (unpaired) electrons. The molecule has 4 heterocycles. The molecule has 174 valence electrons. The maximum absolute atomic E-state index is 14.7. The van der Waals surface area contributed by atoms with Crippen molar-refractivity contribution < 1.29 is 17.9 Å². The van der Waals surface area contributed by atoms with Crippen LogP contribution in [-0.4, -0.2) is 41.5 Å². The molecule has 0 amide bonds. The first-order chi connectivity index (χ1) is 15.9. The Morgan fingerprint density at radius 1 is 1.12 bits per heavy atom. The number of nitrogens with zero attached hydrogens (tertiary/aromatic N) is 4. The number of aryl methyl sites for hydroxylation is 1. The van der Waals surface area contributed by atoms with Crippen LogP contribution in [0.3, 0.4) is 0 Å². The van der Waals surface area contributed by atoms with E-state index in [-0.39, 0.29) is 5.56 Å².